The third kappa shape index (κ3) is 9.32. The van der Waals surface area contributed by atoms with Gasteiger partial charge >= 0.3 is 0 Å². The van der Waals surface area contributed by atoms with E-state index in [0.717, 1.165) is 34.9 Å². The van der Waals surface area contributed by atoms with Gasteiger partial charge in [0, 0.05) is 22.2 Å². The molecule has 1 aromatic heterocycles. The van der Waals surface area contributed by atoms with E-state index in [9.17, 15) is 4.79 Å². The summed E-state index contributed by atoms with van der Waals surface area (Å²) in [6.07, 6.45) is 8.56. The highest BCUT2D eigenvalue weighted by molar-refractivity contribution is 7.14. The zero-order valence-corrected chi connectivity index (χ0v) is 25.6. The first-order valence-corrected chi connectivity index (χ1v) is 15.4. The highest BCUT2D eigenvalue weighted by Crippen LogP contribution is 2.34. The van der Waals surface area contributed by atoms with E-state index in [1.807, 2.05) is 29.6 Å². The summed E-state index contributed by atoms with van der Waals surface area (Å²) in [4.78, 5) is 17.3. The van der Waals surface area contributed by atoms with E-state index in [1.165, 1.54) is 48.8 Å². The van der Waals surface area contributed by atoms with Crippen molar-refractivity contribution in [2.24, 2.45) is 5.10 Å². The smallest absolute Gasteiger partial charge is 0.271 e. The van der Waals surface area contributed by atoms with Gasteiger partial charge in [0.05, 0.1) is 28.6 Å². The normalized spacial score (nSPS) is 11.1. The standard InChI is InChI=1S/C32H34Cl2N4O2S/c1-3-4-5-6-7-8-17-40-30-27(33)18-23(19-28(30)34)20-35-38-31(39)25-13-11-24(12-14-25)29-21-41-32(37-29)36-26-15-9-22(2)10-16-26/h9-16,18-21H,3-8,17H2,1-2H3,(H,36,37)(H,38,39)/b35-20+. The molecule has 0 saturated carbocycles. The van der Waals surface area contributed by atoms with Gasteiger partial charge in [-0.25, -0.2) is 10.4 Å². The lowest BCUT2D eigenvalue weighted by molar-refractivity contribution is 0.0955. The van der Waals surface area contributed by atoms with Crippen molar-refractivity contribution >= 4 is 57.5 Å². The van der Waals surface area contributed by atoms with E-state index in [-0.39, 0.29) is 5.91 Å². The molecule has 2 N–H and O–H groups in total. The van der Waals surface area contributed by atoms with Crippen molar-refractivity contribution in [1.82, 2.24) is 10.4 Å². The van der Waals surface area contributed by atoms with Crippen LogP contribution in [0, 0.1) is 6.92 Å². The summed E-state index contributed by atoms with van der Waals surface area (Å²) >= 11 is 14.3. The zero-order chi connectivity index (χ0) is 29.0. The minimum atomic E-state index is -0.330. The molecule has 6 nitrogen and oxygen atoms in total. The minimum Gasteiger partial charge on any atom is -0.490 e. The van der Waals surface area contributed by atoms with Gasteiger partial charge in [0.1, 0.15) is 0 Å². The van der Waals surface area contributed by atoms with Gasteiger partial charge in [-0.1, -0.05) is 92.1 Å². The molecule has 1 amide bonds. The molecule has 0 spiro atoms. The highest BCUT2D eigenvalue weighted by Gasteiger charge is 2.11. The summed E-state index contributed by atoms with van der Waals surface area (Å²) in [6, 6.07) is 18.8. The van der Waals surface area contributed by atoms with Crippen LogP contribution >= 0.6 is 34.5 Å². The van der Waals surface area contributed by atoms with Crippen LogP contribution < -0.4 is 15.5 Å². The van der Waals surface area contributed by atoms with Crippen molar-refractivity contribution in [2.75, 3.05) is 11.9 Å². The number of benzene rings is 3. The van der Waals surface area contributed by atoms with Crippen molar-refractivity contribution in [3.05, 3.63) is 92.8 Å². The predicted octanol–water partition coefficient (Wildman–Crippen LogP) is 9.67. The first-order valence-electron chi connectivity index (χ1n) is 13.8. The fraction of sp³-hybridized carbons (Fsp3) is 0.281. The topological polar surface area (TPSA) is 75.6 Å². The Bertz CT molecular complexity index is 1430. The summed E-state index contributed by atoms with van der Waals surface area (Å²) in [6.45, 7) is 4.83. The third-order valence-corrected chi connectivity index (χ3v) is 7.71. The number of carbonyl (C=O) groups is 1. The number of carbonyl (C=O) groups excluding carboxylic acids is 1. The van der Waals surface area contributed by atoms with Crippen LogP contribution in [0.5, 0.6) is 5.75 Å². The van der Waals surface area contributed by atoms with Crippen LogP contribution in [0.2, 0.25) is 10.0 Å². The van der Waals surface area contributed by atoms with Crippen molar-refractivity contribution in [2.45, 2.75) is 52.4 Å². The largest absolute Gasteiger partial charge is 0.490 e. The second-order valence-electron chi connectivity index (χ2n) is 9.74. The van der Waals surface area contributed by atoms with Gasteiger partial charge in [0.2, 0.25) is 0 Å². The van der Waals surface area contributed by atoms with Gasteiger partial charge in [-0.15, -0.1) is 11.3 Å². The maximum Gasteiger partial charge on any atom is 0.271 e. The first-order chi connectivity index (χ1) is 19.9. The van der Waals surface area contributed by atoms with Crippen molar-refractivity contribution < 1.29 is 9.53 Å². The molecule has 4 aromatic rings. The first kappa shape index (κ1) is 30.6. The van der Waals surface area contributed by atoms with Crippen molar-refractivity contribution in [3.8, 4) is 17.0 Å². The van der Waals surface area contributed by atoms with E-state index in [2.05, 4.69) is 46.8 Å². The summed E-state index contributed by atoms with van der Waals surface area (Å²) in [5.74, 6) is 0.144. The Balaban J connectivity index is 1.27. The molecule has 0 bridgehead atoms. The average molecular weight is 610 g/mol. The lowest BCUT2D eigenvalue weighted by Crippen LogP contribution is -2.17. The zero-order valence-electron chi connectivity index (χ0n) is 23.3. The molecule has 1 heterocycles. The van der Waals surface area contributed by atoms with Gasteiger partial charge in [0.15, 0.2) is 10.9 Å². The van der Waals surface area contributed by atoms with Crippen LogP contribution in [-0.4, -0.2) is 23.7 Å². The van der Waals surface area contributed by atoms with Gasteiger partial charge in [0.25, 0.3) is 5.91 Å². The van der Waals surface area contributed by atoms with Crippen molar-refractivity contribution in [1.29, 1.82) is 0 Å². The number of ether oxygens (including phenoxy) is 1. The molecule has 0 atom stereocenters. The monoisotopic (exact) mass is 608 g/mol. The van der Waals surface area contributed by atoms with Gasteiger partial charge in [-0.05, 0) is 55.3 Å². The van der Waals surface area contributed by atoms with Crippen LogP contribution in [0.25, 0.3) is 11.3 Å². The number of anilines is 2. The number of thiazole rings is 1. The Morgan fingerprint density at radius 2 is 1.66 bits per heavy atom. The molecule has 214 valence electrons. The molecular weight excluding hydrogens is 575 g/mol. The Morgan fingerprint density at radius 1 is 0.976 bits per heavy atom. The third-order valence-electron chi connectivity index (χ3n) is 6.39. The fourth-order valence-corrected chi connectivity index (χ4v) is 5.45. The van der Waals surface area contributed by atoms with E-state index < -0.39 is 0 Å². The van der Waals surface area contributed by atoms with Crippen LogP contribution in [-0.2, 0) is 0 Å². The SMILES string of the molecule is CCCCCCCCOc1c(Cl)cc(/C=N/NC(=O)c2ccc(-c3csc(Nc4ccc(C)cc4)n3)cc2)cc1Cl. The number of hydrogen-bond acceptors (Lipinski definition) is 6. The lowest BCUT2D eigenvalue weighted by Gasteiger charge is -2.11. The quantitative estimate of drug-likeness (QED) is 0.0848. The number of rotatable bonds is 14. The summed E-state index contributed by atoms with van der Waals surface area (Å²) in [5, 5.41) is 11.0. The number of amides is 1. The van der Waals surface area contributed by atoms with Crippen LogP contribution in [0.15, 0.2) is 71.1 Å². The number of halogens is 2. The fourth-order valence-electron chi connectivity index (χ4n) is 4.10. The molecule has 4 rings (SSSR count). The molecule has 0 saturated heterocycles. The minimum absolute atomic E-state index is 0.330. The maximum absolute atomic E-state index is 12.6. The number of nitrogens with one attached hydrogen (secondary N) is 2. The molecule has 41 heavy (non-hydrogen) atoms. The number of aromatic nitrogens is 1. The molecule has 3 aromatic carbocycles. The molecule has 0 radical (unpaired) electrons. The highest BCUT2D eigenvalue weighted by atomic mass is 35.5. The van der Waals surface area contributed by atoms with Gasteiger partial charge in [-0.2, -0.15) is 5.10 Å². The van der Waals surface area contributed by atoms with E-state index in [4.69, 9.17) is 27.9 Å². The maximum atomic E-state index is 12.6. The molecular formula is C32H34Cl2N4O2S. The van der Waals surface area contributed by atoms with Crippen molar-refractivity contribution in [3.63, 3.8) is 0 Å². The molecule has 0 fully saturated rings. The summed E-state index contributed by atoms with van der Waals surface area (Å²) in [7, 11) is 0. The van der Waals surface area contributed by atoms with E-state index in [0.29, 0.717) is 33.5 Å². The molecule has 9 heteroatoms. The molecule has 0 aliphatic carbocycles. The molecule has 0 aliphatic rings. The average Bonchev–Trinajstić information content (AvgIpc) is 3.43. The Labute approximate surface area is 255 Å². The van der Waals surface area contributed by atoms with Gasteiger partial charge in [-0.3, -0.25) is 4.79 Å². The van der Waals surface area contributed by atoms with Crippen LogP contribution in [0.4, 0.5) is 10.8 Å². The number of nitrogens with zero attached hydrogens (tertiary/aromatic N) is 2. The predicted molar refractivity (Wildman–Crippen MR) is 172 cm³/mol. The number of aryl methyl sites for hydroxylation is 1. The second kappa shape index (κ2) is 15.6. The Hall–Kier alpha value is -3.39. The number of hydrogen-bond donors (Lipinski definition) is 2. The van der Waals surface area contributed by atoms with Gasteiger partial charge < -0.3 is 10.1 Å². The van der Waals surface area contributed by atoms with E-state index >= 15 is 0 Å². The summed E-state index contributed by atoms with van der Waals surface area (Å²) in [5.41, 5.74) is 7.63. The summed E-state index contributed by atoms with van der Waals surface area (Å²) < 4.78 is 5.82. The Kier molecular flexibility index (Phi) is 11.6. The number of hydrazone groups is 1. The molecule has 0 aliphatic heterocycles. The number of unbranched alkanes of at least 4 members (excludes halogenated alkanes) is 5. The van der Waals surface area contributed by atoms with E-state index in [1.54, 1.807) is 24.3 Å². The lowest BCUT2D eigenvalue weighted by atomic mass is 10.1. The molecule has 0 unspecified atom stereocenters. The van der Waals surface area contributed by atoms with Crippen LogP contribution in [0.3, 0.4) is 0 Å². The Morgan fingerprint density at radius 3 is 2.37 bits per heavy atom. The second-order valence-corrected chi connectivity index (χ2v) is 11.4. The van der Waals surface area contributed by atoms with Crippen LogP contribution in [0.1, 0.15) is 66.9 Å².